The first-order valence-corrected chi connectivity index (χ1v) is 7.54. The molecule has 0 spiro atoms. The van der Waals surface area contributed by atoms with Crippen LogP contribution in [0.4, 0.5) is 5.69 Å². The van der Waals surface area contributed by atoms with Crippen LogP contribution in [0.1, 0.15) is 25.8 Å². The molecule has 0 saturated carbocycles. The first-order chi connectivity index (χ1) is 8.58. The van der Waals surface area contributed by atoms with Gasteiger partial charge < -0.3 is 4.90 Å². The van der Waals surface area contributed by atoms with E-state index in [-0.39, 0.29) is 0 Å². The summed E-state index contributed by atoms with van der Waals surface area (Å²) in [6.45, 7) is 6.03. The van der Waals surface area contributed by atoms with Crippen LogP contribution in [0, 0.1) is 17.2 Å². The molecule has 0 aliphatic heterocycles. The second kappa shape index (κ2) is 7.66. The molecule has 0 bridgehead atoms. The average molecular weight is 330 g/mol. The van der Waals surface area contributed by atoms with Crippen LogP contribution < -0.4 is 4.90 Å². The Hall–Kier alpha value is -0.720. The van der Waals surface area contributed by atoms with Gasteiger partial charge in [-0.15, -0.1) is 0 Å². The van der Waals surface area contributed by atoms with Crippen LogP contribution in [0.15, 0.2) is 18.2 Å². The van der Waals surface area contributed by atoms with Gasteiger partial charge in [0.25, 0.3) is 0 Å². The highest BCUT2D eigenvalue weighted by atomic mass is 79.9. The van der Waals surface area contributed by atoms with Crippen molar-refractivity contribution in [2.45, 2.75) is 25.6 Å². The minimum absolute atomic E-state index is 0.532. The van der Waals surface area contributed by atoms with Gasteiger partial charge in [-0.1, -0.05) is 47.4 Å². The molecule has 0 aromatic heterocycles. The van der Waals surface area contributed by atoms with Crippen molar-refractivity contribution >= 4 is 33.2 Å². The largest absolute Gasteiger partial charge is 0.370 e. The molecule has 0 atom stereocenters. The quantitative estimate of drug-likeness (QED) is 0.713. The van der Waals surface area contributed by atoms with E-state index in [9.17, 15) is 0 Å². The maximum atomic E-state index is 8.72. The van der Waals surface area contributed by atoms with Crippen LogP contribution >= 0.6 is 27.5 Å². The number of rotatable bonds is 6. The fourth-order valence-electron chi connectivity index (χ4n) is 1.79. The van der Waals surface area contributed by atoms with Crippen LogP contribution in [0.2, 0.25) is 5.02 Å². The summed E-state index contributed by atoms with van der Waals surface area (Å²) >= 11 is 9.63. The van der Waals surface area contributed by atoms with Crippen molar-refractivity contribution in [3.63, 3.8) is 0 Å². The Morgan fingerprint density at radius 2 is 2.17 bits per heavy atom. The van der Waals surface area contributed by atoms with E-state index in [1.165, 1.54) is 0 Å². The molecule has 0 unspecified atom stereocenters. The lowest BCUT2D eigenvalue weighted by Gasteiger charge is -2.26. The zero-order valence-electron chi connectivity index (χ0n) is 10.8. The number of benzene rings is 1. The number of halogens is 2. The van der Waals surface area contributed by atoms with Crippen molar-refractivity contribution in [1.82, 2.24) is 0 Å². The number of alkyl halides is 1. The number of hydrogen-bond acceptors (Lipinski definition) is 2. The molecule has 0 amide bonds. The molecular formula is C14H18BrClN2. The summed E-state index contributed by atoms with van der Waals surface area (Å²) in [7, 11) is 0. The molecule has 1 aromatic rings. The Morgan fingerprint density at radius 1 is 1.44 bits per heavy atom. The zero-order chi connectivity index (χ0) is 13.5. The first-order valence-electron chi connectivity index (χ1n) is 6.04. The van der Waals surface area contributed by atoms with Crippen LogP contribution in [-0.4, -0.2) is 13.1 Å². The van der Waals surface area contributed by atoms with Crippen molar-refractivity contribution in [3.05, 3.63) is 28.8 Å². The molecule has 0 heterocycles. The summed E-state index contributed by atoms with van der Waals surface area (Å²) in [5, 5.41) is 10.3. The lowest BCUT2D eigenvalue weighted by Crippen LogP contribution is -2.28. The van der Waals surface area contributed by atoms with Crippen LogP contribution in [0.5, 0.6) is 0 Å². The molecule has 1 rings (SSSR count). The topological polar surface area (TPSA) is 27.0 Å². The second-order valence-electron chi connectivity index (χ2n) is 4.66. The van der Waals surface area contributed by atoms with E-state index in [1.807, 2.05) is 12.1 Å². The third-order valence-corrected chi connectivity index (χ3v) is 3.58. The van der Waals surface area contributed by atoms with E-state index in [2.05, 4.69) is 46.8 Å². The maximum absolute atomic E-state index is 8.72. The molecule has 0 fully saturated rings. The summed E-state index contributed by atoms with van der Waals surface area (Å²) in [6.07, 6.45) is 0.532. The van der Waals surface area contributed by atoms with E-state index in [0.29, 0.717) is 12.3 Å². The number of hydrogen-bond donors (Lipinski definition) is 0. The van der Waals surface area contributed by atoms with Gasteiger partial charge in [0, 0.05) is 29.1 Å². The predicted molar refractivity (Wildman–Crippen MR) is 81.4 cm³/mol. The minimum Gasteiger partial charge on any atom is -0.370 e. The first kappa shape index (κ1) is 15.3. The molecule has 1 aromatic carbocycles. The molecular weight excluding hydrogens is 312 g/mol. The van der Waals surface area contributed by atoms with Gasteiger partial charge in [0.15, 0.2) is 0 Å². The maximum Gasteiger partial charge on any atom is 0.0640 e. The fourth-order valence-corrected chi connectivity index (χ4v) is 2.68. The molecule has 18 heavy (non-hydrogen) atoms. The van der Waals surface area contributed by atoms with Crippen molar-refractivity contribution in [2.24, 2.45) is 5.92 Å². The zero-order valence-corrected chi connectivity index (χ0v) is 13.1. The minimum atomic E-state index is 0.532. The molecule has 98 valence electrons. The summed E-state index contributed by atoms with van der Waals surface area (Å²) < 4.78 is 0. The van der Waals surface area contributed by atoms with Crippen molar-refractivity contribution in [1.29, 1.82) is 5.26 Å². The van der Waals surface area contributed by atoms with E-state index < -0.39 is 0 Å². The SMILES string of the molecule is CC(C)CN(CCC#N)c1ccc(CBr)c(Cl)c1. The van der Waals surface area contributed by atoms with E-state index in [4.69, 9.17) is 16.9 Å². The summed E-state index contributed by atoms with van der Waals surface area (Å²) in [5.74, 6) is 0.554. The van der Waals surface area contributed by atoms with Gasteiger partial charge in [0.2, 0.25) is 0 Å². The Bertz CT molecular complexity index is 426. The summed E-state index contributed by atoms with van der Waals surface area (Å²) in [5.41, 5.74) is 2.18. The fraction of sp³-hybridized carbons (Fsp3) is 0.500. The Kier molecular flexibility index (Phi) is 6.52. The van der Waals surface area contributed by atoms with Gasteiger partial charge in [-0.2, -0.15) is 5.26 Å². The lowest BCUT2D eigenvalue weighted by molar-refractivity contribution is 0.612. The van der Waals surface area contributed by atoms with E-state index >= 15 is 0 Å². The highest BCUT2D eigenvalue weighted by molar-refractivity contribution is 9.08. The van der Waals surface area contributed by atoms with Crippen molar-refractivity contribution in [3.8, 4) is 6.07 Å². The van der Waals surface area contributed by atoms with E-state index in [1.54, 1.807) is 0 Å². The molecule has 0 saturated heterocycles. The predicted octanol–water partition coefficient (Wildman–Crippen LogP) is 4.61. The highest BCUT2D eigenvalue weighted by Gasteiger charge is 2.10. The molecule has 0 N–H and O–H groups in total. The second-order valence-corrected chi connectivity index (χ2v) is 5.63. The van der Waals surface area contributed by atoms with Crippen LogP contribution in [0.3, 0.4) is 0 Å². The average Bonchev–Trinajstić information content (AvgIpc) is 2.34. The number of anilines is 1. The van der Waals surface area contributed by atoms with Gasteiger partial charge in [-0.05, 0) is 23.6 Å². The molecule has 2 nitrogen and oxygen atoms in total. The Morgan fingerprint density at radius 3 is 2.67 bits per heavy atom. The van der Waals surface area contributed by atoms with Gasteiger partial charge in [0.05, 0.1) is 12.5 Å². The van der Waals surface area contributed by atoms with E-state index in [0.717, 1.165) is 34.7 Å². The molecule has 0 aliphatic rings. The van der Waals surface area contributed by atoms with Gasteiger partial charge >= 0.3 is 0 Å². The lowest BCUT2D eigenvalue weighted by atomic mass is 10.1. The third kappa shape index (κ3) is 4.51. The highest BCUT2D eigenvalue weighted by Crippen LogP contribution is 2.26. The third-order valence-electron chi connectivity index (χ3n) is 2.62. The molecule has 0 radical (unpaired) electrons. The van der Waals surface area contributed by atoms with Crippen LogP contribution in [0.25, 0.3) is 0 Å². The molecule has 0 aliphatic carbocycles. The summed E-state index contributed by atoms with van der Waals surface area (Å²) in [4.78, 5) is 2.22. The van der Waals surface area contributed by atoms with Crippen molar-refractivity contribution in [2.75, 3.05) is 18.0 Å². The smallest absolute Gasteiger partial charge is 0.0640 e. The van der Waals surface area contributed by atoms with Gasteiger partial charge in [0.1, 0.15) is 0 Å². The Labute approximate surface area is 123 Å². The van der Waals surface area contributed by atoms with Gasteiger partial charge in [-0.25, -0.2) is 0 Å². The number of nitriles is 1. The van der Waals surface area contributed by atoms with Crippen LogP contribution in [-0.2, 0) is 5.33 Å². The van der Waals surface area contributed by atoms with Crippen molar-refractivity contribution < 1.29 is 0 Å². The molecule has 4 heteroatoms. The standard InChI is InChI=1S/C14H18BrClN2/c1-11(2)10-18(7-3-6-17)13-5-4-12(9-15)14(16)8-13/h4-5,8,11H,3,7,9-10H2,1-2H3. The number of nitrogens with zero attached hydrogens (tertiary/aromatic N) is 2. The van der Waals surface area contributed by atoms with Gasteiger partial charge in [-0.3, -0.25) is 0 Å². The Balaban J connectivity index is 2.90. The summed E-state index contributed by atoms with van der Waals surface area (Å²) in [6, 6.07) is 8.29. The monoisotopic (exact) mass is 328 g/mol. The normalized spacial score (nSPS) is 10.4.